The van der Waals surface area contributed by atoms with Gasteiger partial charge in [-0.25, -0.2) is 9.48 Å². The number of para-hydroxylation sites is 1. The number of aromatic nitrogens is 4. The van der Waals surface area contributed by atoms with Gasteiger partial charge in [-0.3, -0.25) is 10.00 Å². The van der Waals surface area contributed by atoms with Crippen molar-refractivity contribution in [3.8, 4) is 16.9 Å². The smallest absolute Gasteiger partial charge is 0.320 e. The number of hydrogen-bond donors (Lipinski definition) is 2. The molecule has 164 valence electrons. The molecule has 0 saturated heterocycles. The number of urea groups is 1. The Bertz CT molecular complexity index is 1040. The largest absolute Gasteiger partial charge is 0.378 e. The second kappa shape index (κ2) is 8.93. The average Bonchev–Trinajstić information content (AvgIpc) is 3.42. The number of anilines is 1. The third-order valence-corrected chi connectivity index (χ3v) is 5.89. The summed E-state index contributed by atoms with van der Waals surface area (Å²) in [4.78, 5) is 12.9. The van der Waals surface area contributed by atoms with Gasteiger partial charge in [0.2, 0.25) is 0 Å². The third-order valence-electron chi connectivity index (χ3n) is 5.89. The highest BCUT2D eigenvalue weighted by Gasteiger charge is 2.33. The van der Waals surface area contributed by atoms with Gasteiger partial charge in [-0.15, -0.1) is 0 Å². The number of nitrogens with one attached hydrogen (secondary N) is 2. The van der Waals surface area contributed by atoms with Gasteiger partial charge in [-0.2, -0.15) is 10.2 Å². The molecule has 0 radical (unpaired) electrons. The summed E-state index contributed by atoms with van der Waals surface area (Å²) >= 11 is 0. The fourth-order valence-electron chi connectivity index (χ4n) is 4.29. The zero-order valence-corrected chi connectivity index (χ0v) is 18.5. The Hall–Kier alpha value is -3.13. The SMILES string of the molecule is CCO[C@H]1C[C@@H](C)[C@H](NC(=O)Nc2c(C)c(-c3cnn(C)c3)nn2-c2ccccc2)C1. The van der Waals surface area contributed by atoms with Gasteiger partial charge in [0.1, 0.15) is 11.5 Å². The Balaban J connectivity index is 1.59. The summed E-state index contributed by atoms with van der Waals surface area (Å²) in [6, 6.07) is 9.65. The van der Waals surface area contributed by atoms with Crippen molar-refractivity contribution < 1.29 is 9.53 Å². The van der Waals surface area contributed by atoms with E-state index in [0.717, 1.165) is 35.3 Å². The van der Waals surface area contributed by atoms with Gasteiger partial charge in [0.05, 0.1) is 18.0 Å². The minimum Gasteiger partial charge on any atom is -0.378 e. The van der Waals surface area contributed by atoms with E-state index in [1.807, 2.05) is 57.4 Å². The van der Waals surface area contributed by atoms with Crippen LogP contribution in [0.2, 0.25) is 0 Å². The van der Waals surface area contributed by atoms with Crippen LogP contribution in [0.4, 0.5) is 10.6 Å². The Morgan fingerprint density at radius 3 is 2.71 bits per heavy atom. The summed E-state index contributed by atoms with van der Waals surface area (Å²) in [5.74, 6) is 1.02. The van der Waals surface area contributed by atoms with Crippen LogP contribution in [0.1, 0.15) is 32.3 Å². The molecule has 0 unspecified atom stereocenters. The van der Waals surface area contributed by atoms with Gasteiger partial charge in [-0.1, -0.05) is 25.1 Å². The van der Waals surface area contributed by atoms with Crippen LogP contribution in [0.15, 0.2) is 42.7 Å². The van der Waals surface area contributed by atoms with Gasteiger partial charge in [0.25, 0.3) is 0 Å². The van der Waals surface area contributed by atoms with Gasteiger partial charge < -0.3 is 10.1 Å². The Kier molecular flexibility index (Phi) is 6.08. The topological polar surface area (TPSA) is 86.0 Å². The summed E-state index contributed by atoms with van der Waals surface area (Å²) < 4.78 is 9.28. The number of carbonyl (C=O) groups excluding carboxylic acids is 1. The normalized spacial score (nSPS) is 20.7. The zero-order chi connectivity index (χ0) is 22.0. The second-order valence-electron chi connectivity index (χ2n) is 8.20. The number of ether oxygens (including phenoxy) is 1. The standard InChI is InChI=1S/C23H30N6O2/c1-5-31-19-11-15(2)20(12-19)25-23(30)26-22-16(3)21(17-13-24-28(4)14-17)27-29(22)18-9-7-6-8-10-18/h6-10,13-15,19-20H,5,11-12H2,1-4H3,(H2,25,26,30)/t15-,19+,20-/m1/s1. The van der Waals surface area contributed by atoms with Crippen LogP contribution in [0.5, 0.6) is 0 Å². The summed E-state index contributed by atoms with van der Waals surface area (Å²) in [6.45, 7) is 6.83. The van der Waals surface area contributed by atoms with Gasteiger partial charge in [0.15, 0.2) is 0 Å². The van der Waals surface area contributed by atoms with Crippen LogP contribution in [0.25, 0.3) is 16.9 Å². The van der Waals surface area contributed by atoms with Crippen molar-refractivity contribution in [3.05, 3.63) is 48.3 Å². The lowest BCUT2D eigenvalue weighted by atomic mass is 10.1. The van der Waals surface area contributed by atoms with E-state index < -0.39 is 0 Å². The number of carbonyl (C=O) groups is 1. The number of hydrogen-bond acceptors (Lipinski definition) is 4. The predicted molar refractivity (Wildman–Crippen MR) is 120 cm³/mol. The van der Waals surface area contributed by atoms with Crippen molar-refractivity contribution in [2.45, 2.75) is 45.8 Å². The summed E-state index contributed by atoms with van der Waals surface area (Å²) in [6.07, 6.45) is 5.70. The third kappa shape index (κ3) is 4.49. The maximum Gasteiger partial charge on any atom is 0.320 e. The fraction of sp³-hybridized carbons (Fsp3) is 0.435. The van der Waals surface area contributed by atoms with E-state index in [4.69, 9.17) is 9.84 Å². The highest BCUT2D eigenvalue weighted by molar-refractivity contribution is 5.91. The van der Waals surface area contributed by atoms with Crippen molar-refractivity contribution in [2.24, 2.45) is 13.0 Å². The molecule has 1 aromatic carbocycles. The molecule has 2 aromatic heterocycles. The molecule has 31 heavy (non-hydrogen) atoms. The molecule has 3 aromatic rings. The van der Waals surface area contributed by atoms with E-state index in [-0.39, 0.29) is 18.2 Å². The molecule has 1 aliphatic carbocycles. The molecule has 8 heteroatoms. The maximum absolute atomic E-state index is 12.9. The van der Waals surface area contributed by atoms with Crippen molar-refractivity contribution in [2.75, 3.05) is 11.9 Å². The number of aryl methyl sites for hydroxylation is 1. The zero-order valence-electron chi connectivity index (χ0n) is 18.5. The molecule has 1 saturated carbocycles. The highest BCUT2D eigenvalue weighted by atomic mass is 16.5. The monoisotopic (exact) mass is 422 g/mol. The molecule has 4 rings (SSSR count). The molecular formula is C23H30N6O2. The summed E-state index contributed by atoms with van der Waals surface area (Å²) in [5, 5.41) is 15.3. The number of nitrogens with zero attached hydrogens (tertiary/aromatic N) is 4. The molecule has 3 atom stereocenters. The van der Waals surface area contributed by atoms with Crippen LogP contribution in [0, 0.1) is 12.8 Å². The summed E-state index contributed by atoms with van der Waals surface area (Å²) in [7, 11) is 1.87. The molecule has 1 fully saturated rings. The average molecular weight is 423 g/mol. The van der Waals surface area contributed by atoms with E-state index in [2.05, 4.69) is 22.7 Å². The molecule has 0 spiro atoms. The van der Waals surface area contributed by atoms with Crippen LogP contribution in [-0.2, 0) is 11.8 Å². The van der Waals surface area contributed by atoms with E-state index in [1.54, 1.807) is 15.6 Å². The lowest BCUT2D eigenvalue weighted by Crippen LogP contribution is -2.40. The van der Waals surface area contributed by atoms with Crippen LogP contribution < -0.4 is 10.6 Å². The van der Waals surface area contributed by atoms with E-state index in [1.165, 1.54) is 0 Å². The van der Waals surface area contributed by atoms with Crippen molar-refractivity contribution >= 4 is 11.8 Å². The molecule has 0 aliphatic heterocycles. The van der Waals surface area contributed by atoms with Crippen LogP contribution in [0.3, 0.4) is 0 Å². The van der Waals surface area contributed by atoms with Crippen molar-refractivity contribution in [3.63, 3.8) is 0 Å². The van der Waals surface area contributed by atoms with E-state index in [9.17, 15) is 4.79 Å². The first kappa shape index (κ1) is 21.1. The molecule has 8 nitrogen and oxygen atoms in total. The number of amides is 2. The minimum absolute atomic E-state index is 0.0859. The predicted octanol–water partition coefficient (Wildman–Crippen LogP) is 3.91. The second-order valence-corrected chi connectivity index (χ2v) is 8.20. The Labute approximate surface area is 182 Å². The number of benzene rings is 1. The number of rotatable bonds is 6. The Morgan fingerprint density at radius 1 is 1.26 bits per heavy atom. The highest BCUT2D eigenvalue weighted by Crippen LogP contribution is 2.31. The molecular weight excluding hydrogens is 392 g/mol. The lowest BCUT2D eigenvalue weighted by molar-refractivity contribution is 0.0651. The lowest BCUT2D eigenvalue weighted by Gasteiger charge is -2.18. The van der Waals surface area contributed by atoms with E-state index >= 15 is 0 Å². The van der Waals surface area contributed by atoms with Crippen molar-refractivity contribution in [1.29, 1.82) is 0 Å². The fourth-order valence-corrected chi connectivity index (χ4v) is 4.29. The maximum atomic E-state index is 12.9. The van der Waals surface area contributed by atoms with E-state index in [0.29, 0.717) is 18.3 Å². The van der Waals surface area contributed by atoms with Crippen molar-refractivity contribution in [1.82, 2.24) is 24.9 Å². The first-order valence-corrected chi connectivity index (χ1v) is 10.8. The van der Waals surface area contributed by atoms with Gasteiger partial charge in [-0.05, 0) is 44.7 Å². The Morgan fingerprint density at radius 2 is 2.03 bits per heavy atom. The van der Waals surface area contributed by atoms with Crippen LogP contribution >= 0.6 is 0 Å². The van der Waals surface area contributed by atoms with Gasteiger partial charge in [0, 0.05) is 37.0 Å². The van der Waals surface area contributed by atoms with Crippen LogP contribution in [-0.4, -0.2) is 44.3 Å². The molecule has 2 heterocycles. The molecule has 2 N–H and O–H groups in total. The first-order valence-electron chi connectivity index (χ1n) is 10.8. The molecule has 2 amide bonds. The van der Waals surface area contributed by atoms with Gasteiger partial charge >= 0.3 is 6.03 Å². The quantitative estimate of drug-likeness (QED) is 0.631. The molecule has 0 bridgehead atoms. The minimum atomic E-state index is -0.230. The first-order chi connectivity index (χ1) is 15.0. The molecule has 1 aliphatic rings. The summed E-state index contributed by atoms with van der Waals surface area (Å²) in [5.41, 5.74) is 3.46.